The van der Waals surface area contributed by atoms with Crippen molar-refractivity contribution in [1.82, 2.24) is 0 Å². The van der Waals surface area contributed by atoms with Crippen LogP contribution in [0.2, 0.25) is 0 Å². The van der Waals surface area contributed by atoms with Gasteiger partial charge in [0.25, 0.3) is 0 Å². The Kier molecular flexibility index (Phi) is 3.79. The number of hydrogen-bond donors (Lipinski definition) is 1. The SMILES string of the molecule is CC1(C)C(CCN)CCN1c1ccc(Br)cc1. The van der Waals surface area contributed by atoms with Gasteiger partial charge in [0.1, 0.15) is 0 Å². The Morgan fingerprint density at radius 3 is 2.59 bits per heavy atom. The largest absolute Gasteiger partial charge is 0.366 e. The molecule has 0 aliphatic carbocycles. The zero-order valence-electron chi connectivity index (χ0n) is 10.6. The highest BCUT2D eigenvalue weighted by Gasteiger charge is 2.40. The van der Waals surface area contributed by atoms with Crippen LogP contribution in [0.25, 0.3) is 0 Å². The van der Waals surface area contributed by atoms with Crippen LogP contribution in [-0.2, 0) is 0 Å². The minimum atomic E-state index is 0.215. The van der Waals surface area contributed by atoms with Gasteiger partial charge in [-0.1, -0.05) is 15.9 Å². The van der Waals surface area contributed by atoms with Gasteiger partial charge < -0.3 is 10.6 Å². The van der Waals surface area contributed by atoms with Crippen LogP contribution in [-0.4, -0.2) is 18.6 Å². The van der Waals surface area contributed by atoms with E-state index in [1.807, 2.05) is 0 Å². The van der Waals surface area contributed by atoms with Gasteiger partial charge in [-0.15, -0.1) is 0 Å². The standard InChI is InChI=1S/C14H21BrN2/c1-14(2)11(7-9-16)8-10-17(14)13-5-3-12(15)4-6-13/h3-6,11H,7-10,16H2,1-2H3. The van der Waals surface area contributed by atoms with Crippen LogP contribution < -0.4 is 10.6 Å². The van der Waals surface area contributed by atoms with Crippen molar-refractivity contribution in [2.75, 3.05) is 18.0 Å². The van der Waals surface area contributed by atoms with Gasteiger partial charge >= 0.3 is 0 Å². The fourth-order valence-electron chi connectivity index (χ4n) is 2.93. The van der Waals surface area contributed by atoms with Crippen molar-refractivity contribution < 1.29 is 0 Å². The third-order valence-electron chi connectivity index (χ3n) is 4.05. The van der Waals surface area contributed by atoms with Gasteiger partial charge in [-0.3, -0.25) is 0 Å². The van der Waals surface area contributed by atoms with Crippen LogP contribution in [0.4, 0.5) is 5.69 Å². The van der Waals surface area contributed by atoms with E-state index in [-0.39, 0.29) is 5.54 Å². The zero-order chi connectivity index (χ0) is 12.5. The zero-order valence-corrected chi connectivity index (χ0v) is 12.2. The Bertz CT molecular complexity index is 372. The normalized spacial score (nSPS) is 23.1. The highest BCUT2D eigenvalue weighted by atomic mass is 79.9. The molecular weight excluding hydrogens is 276 g/mol. The van der Waals surface area contributed by atoms with Crippen LogP contribution in [0.15, 0.2) is 28.7 Å². The van der Waals surface area contributed by atoms with Gasteiger partial charge in [0.05, 0.1) is 0 Å². The van der Waals surface area contributed by atoms with Gasteiger partial charge in [0.2, 0.25) is 0 Å². The van der Waals surface area contributed by atoms with Crippen LogP contribution in [0.3, 0.4) is 0 Å². The molecule has 17 heavy (non-hydrogen) atoms. The quantitative estimate of drug-likeness (QED) is 0.926. The monoisotopic (exact) mass is 296 g/mol. The Balaban J connectivity index is 2.20. The summed E-state index contributed by atoms with van der Waals surface area (Å²) >= 11 is 3.48. The lowest BCUT2D eigenvalue weighted by molar-refractivity contribution is 0.349. The first-order chi connectivity index (χ1) is 8.05. The van der Waals surface area contributed by atoms with E-state index in [9.17, 15) is 0 Å². The van der Waals surface area contributed by atoms with E-state index >= 15 is 0 Å². The molecule has 1 heterocycles. The molecule has 1 aromatic carbocycles. The predicted molar refractivity (Wildman–Crippen MR) is 77.3 cm³/mol. The molecule has 2 nitrogen and oxygen atoms in total. The third kappa shape index (κ3) is 2.50. The Labute approximate surface area is 112 Å². The maximum absolute atomic E-state index is 5.71. The Morgan fingerprint density at radius 2 is 2.00 bits per heavy atom. The van der Waals surface area contributed by atoms with Crippen molar-refractivity contribution in [3.63, 3.8) is 0 Å². The maximum Gasteiger partial charge on any atom is 0.0375 e. The van der Waals surface area contributed by atoms with Crippen molar-refractivity contribution in [1.29, 1.82) is 0 Å². The van der Waals surface area contributed by atoms with E-state index in [1.165, 1.54) is 12.1 Å². The molecule has 1 saturated heterocycles. The van der Waals surface area contributed by atoms with Crippen molar-refractivity contribution in [3.8, 4) is 0 Å². The molecule has 1 aliphatic rings. The highest BCUT2D eigenvalue weighted by molar-refractivity contribution is 9.10. The lowest BCUT2D eigenvalue weighted by Gasteiger charge is -2.37. The molecule has 94 valence electrons. The molecule has 1 fully saturated rings. The molecule has 0 spiro atoms. The number of hydrogen-bond acceptors (Lipinski definition) is 2. The number of rotatable bonds is 3. The maximum atomic E-state index is 5.71. The predicted octanol–water partition coefficient (Wildman–Crippen LogP) is 3.40. The summed E-state index contributed by atoms with van der Waals surface area (Å²) in [5.41, 5.74) is 7.24. The lowest BCUT2D eigenvalue weighted by Crippen LogP contribution is -2.43. The van der Waals surface area contributed by atoms with E-state index in [0.29, 0.717) is 5.92 Å². The molecule has 1 aromatic rings. The van der Waals surface area contributed by atoms with Crippen molar-refractivity contribution in [2.45, 2.75) is 32.2 Å². The van der Waals surface area contributed by atoms with Gasteiger partial charge in [0, 0.05) is 22.2 Å². The summed E-state index contributed by atoms with van der Waals surface area (Å²) in [6, 6.07) is 8.61. The van der Waals surface area contributed by atoms with Gasteiger partial charge in [-0.2, -0.15) is 0 Å². The lowest BCUT2D eigenvalue weighted by atomic mass is 9.85. The number of anilines is 1. The molecule has 1 atom stereocenters. The summed E-state index contributed by atoms with van der Waals surface area (Å²) in [4.78, 5) is 2.51. The molecule has 1 aliphatic heterocycles. The molecule has 0 bridgehead atoms. The fraction of sp³-hybridized carbons (Fsp3) is 0.571. The first-order valence-corrected chi connectivity index (χ1v) is 7.08. The summed E-state index contributed by atoms with van der Waals surface area (Å²) in [7, 11) is 0. The van der Waals surface area contributed by atoms with E-state index in [2.05, 4.69) is 58.9 Å². The average Bonchev–Trinajstić information content (AvgIpc) is 2.57. The van der Waals surface area contributed by atoms with Gasteiger partial charge in [0.15, 0.2) is 0 Å². The van der Waals surface area contributed by atoms with Crippen LogP contribution in [0.5, 0.6) is 0 Å². The second-order valence-corrected chi connectivity index (χ2v) is 6.26. The summed E-state index contributed by atoms with van der Waals surface area (Å²) in [6.07, 6.45) is 2.38. The van der Waals surface area contributed by atoms with Crippen LogP contribution in [0, 0.1) is 5.92 Å². The molecule has 0 radical (unpaired) electrons. The minimum Gasteiger partial charge on any atom is -0.366 e. The summed E-state index contributed by atoms with van der Waals surface area (Å²) < 4.78 is 1.14. The van der Waals surface area contributed by atoms with Crippen molar-refractivity contribution in [2.24, 2.45) is 11.7 Å². The van der Waals surface area contributed by atoms with Crippen LogP contribution in [0.1, 0.15) is 26.7 Å². The smallest absolute Gasteiger partial charge is 0.0375 e. The van der Waals surface area contributed by atoms with E-state index in [4.69, 9.17) is 5.73 Å². The number of halogens is 1. The molecule has 0 amide bonds. The molecule has 2 rings (SSSR count). The summed E-state index contributed by atoms with van der Waals surface area (Å²) in [6.45, 7) is 6.60. The van der Waals surface area contributed by atoms with E-state index < -0.39 is 0 Å². The molecule has 0 saturated carbocycles. The van der Waals surface area contributed by atoms with E-state index in [1.54, 1.807) is 0 Å². The van der Waals surface area contributed by atoms with Gasteiger partial charge in [-0.05, 0) is 63.4 Å². The Morgan fingerprint density at radius 1 is 1.35 bits per heavy atom. The summed E-state index contributed by atoms with van der Waals surface area (Å²) in [5, 5.41) is 0. The summed E-state index contributed by atoms with van der Waals surface area (Å²) in [5.74, 6) is 0.705. The minimum absolute atomic E-state index is 0.215. The van der Waals surface area contributed by atoms with Gasteiger partial charge in [-0.25, -0.2) is 0 Å². The van der Waals surface area contributed by atoms with Crippen molar-refractivity contribution in [3.05, 3.63) is 28.7 Å². The molecular formula is C14H21BrN2. The third-order valence-corrected chi connectivity index (χ3v) is 4.58. The second-order valence-electron chi connectivity index (χ2n) is 5.34. The molecule has 0 aromatic heterocycles. The van der Waals surface area contributed by atoms with E-state index in [0.717, 1.165) is 24.0 Å². The average molecular weight is 297 g/mol. The van der Waals surface area contributed by atoms with Crippen LogP contribution >= 0.6 is 15.9 Å². The van der Waals surface area contributed by atoms with Crippen molar-refractivity contribution >= 4 is 21.6 Å². The molecule has 3 heteroatoms. The number of nitrogens with two attached hydrogens (primary N) is 1. The first-order valence-electron chi connectivity index (χ1n) is 6.29. The Hall–Kier alpha value is -0.540. The highest BCUT2D eigenvalue weighted by Crippen LogP contribution is 2.39. The molecule has 1 unspecified atom stereocenters. The second kappa shape index (κ2) is 4.99. The molecule has 2 N–H and O–H groups in total. The topological polar surface area (TPSA) is 29.3 Å². The number of nitrogens with zero attached hydrogens (tertiary/aromatic N) is 1. The number of benzene rings is 1. The fourth-order valence-corrected chi connectivity index (χ4v) is 3.19. The first kappa shape index (κ1) is 12.9.